The number of amides is 1. The summed E-state index contributed by atoms with van der Waals surface area (Å²) in [4.78, 5) is 17.3. The summed E-state index contributed by atoms with van der Waals surface area (Å²) in [6, 6.07) is 2.05. The highest BCUT2D eigenvalue weighted by Crippen LogP contribution is 2.27. The summed E-state index contributed by atoms with van der Waals surface area (Å²) in [6.45, 7) is 2.25. The van der Waals surface area contributed by atoms with Crippen LogP contribution >= 0.6 is 24.8 Å². The molecule has 1 amide bonds. The first-order valence-corrected chi connectivity index (χ1v) is 7.39. The molecule has 0 atom stereocenters. The fraction of sp³-hybridized carbons (Fsp3) is 0.600. The Balaban J connectivity index is 0.00000264. The summed E-state index contributed by atoms with van der Waals surface area (Å²) in [6.07, 6.45) is -0.519. The Hall–Kier alpha value is -1.05. The predicted molar refractivity (Wildman–Crippen MR) is 90.9 cm³/mol. The molecule has 138 valence electrons. The first-order chi connectivity index (χ1) is 10.4. The van der Waals surface area contributed by atoms with Gasteiger partial charge in [0.2, 0.25) is 0 Å². The van der Waals surface area contributed by atoms with Gasteiger partial charge in [-0.1, -0.05) is 0 Å². The van der Waals surface area contributed by atoms with Crippen molar-refractivity contribution in [1.29, 1.82) is 0 Å². The van der Waals surface area contributed by atoms with Crippen LogP contribution in [0.4, 0.5) is 13.2 Å². The van der Waals surface area contributed by atoms with Gasteiger partial charge in [-0.2, -0.15) is 13.2 Å². The molecule has 0 bridgehead atoms. The Morgan fingerprint density at radius 3 is 2.38 bits per heavy atom. The first-order valence-electron chi connectivity index (χ1n) is 7.39. The molecule has 1 N–H and O–H groups in total. The smallest absolute Gasteiger partial charge is 0.339 e. The minimum atomic E-state index is -4.48. The van der Waals surface area contributed by atoms with E-state index in [1.807, 2.05) is 7.05 Å². The van der Waals surface area contributed by atoms with Crippen LogP contribution < -0.4 is 5.32 Å². The van der Waals surface area contributed by atoms with E-state index in [2.05, 4.69) is 10.3 Å². The van der Waals surface area contributed by atoms with E-state index in [1.54, 1.807) is 4.90 Å². The summed E-state index contributed by atoms with van der Waals surface area (Å²) in [7, 11) is 1.91. The molecule has 0 aromatic carbocycles. The predicted octanol–water partition coefficient (Wildman–Crippen LogP) is 3.41. The third kappa shape index (κ3) is 6.11. The van der Waals surface area contributed by atoms with E-state index in [0.29, 0.717) is 19.0 Å². The van der Waals surface area contributed by atoms with Crippen molar-refractivity contribution in [2.75, 3.05) is 26.7 Å². The molecule has 24 heavy (non-hydrogen) atoms. The molecule has 2 heterocycles. The summed E-state index contributed by atoms with van der Waals surface area (Å²) >= 11 is 0. The normalized spacial score (nSPS) is 15.4. The molecule has 1 saturated heterocycles. The Kier molecular flexibility index (Phi) is 9.62. The molecule has 0 spiro atoms. The van der Waals surface area contributed by atoms with Gasteiger partial charge in [0.25, 0.3) is 5.91 Å². The molecule has 2 rings (SSSR count). The van der Waals surface area contributed by atoms with Gasteiger partial charge in [-0.25, -0.2) is 0 Å². The van der Waals surface area contributed by atoms with Crippen molar-refractivity contribution in [3.63, 3.8) is 0 Å². The minimum absolute atomic E-state index is 0. The van der Waals surface area contributed by atoms with Crippen molar-refractivity contribution in [2.45, 2.75) is 25.4 Å². The van der Waals surface area contributed by atoms with E-state index in [4.69, 9.17) is 0 Å². The van der Waals surface area contributed by atoms with E-state index in [-0.39, 0.29) is 36.3 Å². The quantitative estimate of drug-likeness (QED) is 0.860. The molecule has 4 nitrogen and oxygen atoms in total. The Morgan fingerprint density at radius 1 is 1.29 bits per heavy atom. The van der Waals surface area contributed by atoms with Gasteiger partial charge in [0, 0.05) is 19.3 Å². The zero-order chi connectivity index (χ0) is 16.2. The van der Waals surface area contributed by atoms with Crippen LogP contribution in [0.3, 0.4) is 0 Å². The molecule has 1 fully saturated rings. The molecule has 0 aliphatic carbocycles. The fourth-order valence-electron chi connectivity index (χ4n) is 2.64. The van der Waals surface area contributed by atoms with Gasteiger partial charge in [0.1, 0.15) is 5.69 Å². The lowest BCUT2D eigenvalue weighted by molar-refractivity contribution is -0.141. The third-order valence-corrected chi connectivity index (χ3v) is 4.01. The van der Waals surface area contributed by atoms with Crippen LogP contribution in [0.1, 0.15) is 35.3 Å². The second-order valence-corrected chi connectivity index (χ2v) is 5.56. The number of nitrogens with one attached hydrogen (secondary N) is 1. The average Bonchev–Trinajstić information content (AvgIpc) is 2.52. The van der Waals surface area contributed by atoms with Crippen molar-refractivity contribution in [3.8, 4) is 0 Å². The summed E-state index contributed by atoms with van der Waals surface area (Å²) in [5.74, 6) is 0.357. The standard InChI is InChI=1S/C15H20F3N3O.2ClH/c1-19-7-4-11-5-8-21(9-6-11)14(22)12-2-3-13(20-10-12)15(16,17)18;;/h2-3,10-11,19H,4-9H2,1H3;2*1H. The number of aromatic nitrogens is 1. The molecule has 1 aromatic rings. The number of likely N-dealkylation sites (tertiary alicyclic amines) is 1. The molecule has 0 radical (unpaired) electrons. The number of halogens is 5. The third-order valence-electron chi connectivity index (χ3n) is 4.01. The van der Waals surface area contributed by atoms with Crippen LogP contribution in [0.15, 0.2) is 18.3 Å². The maximum Gasteiger partial charge on any atom is 0.433 e. The Bertz CT molecular complexity index is 504. The maximum absolute atomic E-state index is 12.5. The van der Waals surface area contributed by atoms with Gasteiger partial charge < -0.3 is 10.2 Å². The van der Waals surface area contributed by atoms with E-state index in [1.165, 1.54) is 6.07 Å². The van der Waals surface area contributed by atoms with Crippen molar-refractivity contribution < 1.29 is 18.0 Å². The van der Waals surface area contributed by atoms with Crippen LogP contribution in [0, 0.1) is 5.92 Å². The second-order valence-electron chi connectivity index (χ2n) is 5.56. The van der Waals surface area contributed by atoms with Crippen molar-refractivity contribution >= 4 is 30.7 Å². The Labute approximate surface area is 152 Å². The van der Waals surface area contributed by atoms with Crippen LogP contribution in [-0.4, -0.2) is 42.5 Å². The second kappa shape index (κ2) is 10.1. The topological polar surface area (TPSA) is 45.2 Å². The zero-order valence-corrected chi connectivity index (χ0v) is 14.9. The number of hydrogen-bond donors (Lipinski definition) is 1. The summed E-state index contributed by atoms with van der Waals surface area (Å²) in [5.41, 5.74) is -0.767. The number of rotatable bonds is 4. The molecule has 0 unspecified atom stereocenters. The van der Waals surface area contributed by atoms with Gasteiger partial charge >= 0.3 is 6.18 Å². The highest BCUT2D eigenvalue weighted by atomic mass is 35.5. The number of hydrogen-bond acceptors (Lipinski definition) is 3. The molecular formula is C15H22Cl2F3N3O. The van der Waals surface area contributed by atoms with Crippen LogP contribution in [0.5, 0.6) is 0 Å². The van der Waals surface area contributed by atoms with Crippen LogP contribution in [0.2, 0.25) is 0 Å². The molecule has 1 aromatic heterocycles. The van der Waals surface area contributed by atoms with E-state index >= 15 is 0 Å². The summed E-state index contributed by atoms with van der Waals surface area (Å²) < 4.78 is 37.4. The van der Waals surface area contributed by atoms with E-state index in [0.717, 1.165) is 38.1 Å². The van der Waals surface area contributed by atoms with Gasteiger partial charge in [-0.3, -0.25) is 9.78 Å². The fourth-order valence-corrected chi connectivity index (χ4v) is 2.64. The monoisotopic (exact) mass is 387 g/mol. The number of piperidine rings is 1. The largest absolute Gasteiger partial charge is 0.433 e. The molecule has 1 aliphatic rings. The highest BCUT2D eigenvalue weighted by Gasteiger charge is 2.32. The first kappa shape index (κ1) is 22.9. The van der Waals surface area contributed by atoms with Crippen LogP contribution in [0.25, 0.3) is 0 Å². The highest BCUT2D eigenvalue weighted by molar-refractivity contribution is 5.94. The average molecular weight is 388 g/mol. The minimum Gasteiger partial charge on any atom is -0.339 e. The number of nitrogens with zero attached hydrogens (tertiary/aromatic N) is 2. The molecule has 0 saturated carbocycles. The lowest BCUT2D eigenvalue weighted by Gasteiger charge is -2.32. The van der Waals surface area contributed by atoms with Crippen molar-refractivity contribution in [3.05, 3.63) is 29.6 Å². The van der Waals surface area contributed by atoms with Gasteiger partial charge in [-0.15, -0.1) is 24.8 Å². The number of carbonyl (C=O) groups is 1. The maximum atomic E-state index is 12.5. The lowest BCUT2D eigenvalue weighted by Crippen LogP contribution is -2.39. The van der Waals surface area contributed by atoms with E-state index in [9.17, 15) is 18.0 Å². The van der Waals surface area contributed by atoms with Crippen molar-refractivity contribution in [1.82, 2.24) is 15.2 Å². The van der Waals surface area contributed by atoms with Crippen molar-refractivity contribution in [2.24, 2.45) is 5.92 Å². The molecule has 9 heteroatoms. The zero-order valence-electron chi connectivity index (χ0n) is 13.3. The molecular weight excluding hydrogens is 366 g/mol. The van der Waals surface area contributed by atoms with Gasteiger partial charge in [-0.05, 0) is 50.9 Å². The number of alkyl halides is 3. The van der Waals surface area contributed by atoms with Gasteiger partial charge in [0.05, 0.1) is 5.56 Å². The Morgan fingerprint density at radius 2 is 1.92 bits per heavy atom. The van der Waals surface area contributed by atoms with E-state index < -0.39 is 11.9 Å². The molecule has 1 aliphatic heterocycles. The summed E-state index contributed by atoms with van der Waals surface area (Å²) in [5, 5.41) is 3.11. The van der Waals surface area contributed by atoms with Crippen LogP contribution in [-0.2, 0) is 6.18 Å². The van der Waals surface area contributed by atoms with Gasteiger partial charge in [0.15, 0.2) is 0 Å². The number of pyridine rings is 1. The lowest BCUT2D eigenvalue weighted by atomic mass is 9.93. The SMILES string of the molecule is CNCCC1CCN(C(=O)c2ccc(C(F)(F)F)nc2)CC1.Cl.Cl. The number of carbonyl (C=O) groups excluding carboxylic acids is 1.